The zero-order chi connectivity index (χ0) is 24.7. The summed E-state index contributed by atoms with van der Waals surface area (Å²) in [6, 6.07) is 9.97. The molecule has 11 heteroatoms. The first-order chi connectivity index (χ1) is 16.3. The average Bonchev–Trinajstić information content (AvgIpc) is 2.78. The fourth-order valence-electron chi connectivity index (χ4n) is 3.34. The van der Waals surface area contributed by atoms with Crippen molar-refractivity contribution in [1.82, 2.24) is 4.98 Å². The third kappa shape index (κ3) is 6.09. The summed E-state index contributed by atoms with van der Waals surface area (Å²) in [7, 11) is 0. The van der Waals surface area contributed by atoms with Crippen LogP contribution in [0.15, 0.2) is 47.3 Å². The SMILES string of the molecule is O=C(O)CCCCCCOc1ccc(NC(=O)c2c(O)c3ccc([N+](=O)[O-])cc3[nH]c2=O)cc1. The number of nitrogens with one attached hydrogen (secondary N) is 2. The van der Waals surface area contributed by atoms with E-state index < -0.39 is 33.7 Å². The molecule has 11 nitrogen and oxygen atoms in total. The van der Waals surface area contributed by atoms with Gasteiger partial charge in [0, 0.05) is 29.6 Å². The number of nitro benzene ring substituents is 1. The van der Waals surface area contributed by atoms with Crippen molar-refractivity contribution in [2.45, 2.75) is 32.1 Å². The Morgan fingerprint density at radius 3 is 2.44 bits per heavy atom. The van der Waals surface area contributed by atoms with Gasteiger partial charge in [-0.15, -0.1) is 0 Å². The number of carbonyl (C=O) groups is 2. The van der Waals surface area contributed by atoms with Crippen LogP contribution in [0.3, 0.4) is 0 Å². The van der Waals surface area contributed by atoms with E-state index in [9.17, 15) is 29.6 Å². The normalized spacial score (nSPS) is 10.7. The van der Waals surface area contributed by atoms with Crippen molar-refractivity contribution in [2.24, 2.45) is 0 Å². The molecular formula is C23H23N3O8. The number of ether oxygens (including phenoxy) is 1. The van der Waals surface area contributed by atoms with Crippen LogP contribution in [0.5, 0.6) is 11.5 Å². The van der Waals surface area contributed by atoms with E-state index in [1.165, 1.54) is 6.07 Å². The van der Waals surface area contributed by atoms with E-state index in [1.807, 2.05) is 0 Å². The zero-order valence-electron chi connectivity index (χ0n) is 18.1. The van der Waals surface area contributed by atoms with Crippen molar-refractivity contribution in [3.63, 3.8) is 0 Å². The number of non-ortho nitro benzene ring substituents is 1. The van der Waals surface area contributed by atoms with Crippen molar-refractivity contribution in [2.75, 3.05) is 11.9 Å². The lowest BCUT2D eigenvalue weighted by Gasteiger charge is -2.10. The molecular weight excluding hydrogens is 446 g/mol. The van der Waals surface area contributed by atoms with Crippen LogP contribution in [-0.4, -0.2) is 38.6 Å². The number of nitro groups is 1. The Bertz CT molecular complexity index is 1270. The summed E-state index contributed by atoms with van der Waals surface area (Å²) in [5, 5.41) is 32.6. The van der Waals surface area contributed by atoms with Crippen molar-refractivity contribution in [3.8, 4) is 11.5 Å². The molecule has 0 aliphatic carbocycles. The van der Waals surface area contributed by atoms with Gasteiger partial charge < -0.3 is 25.3 Å². The van der Waals surface area contributed by atoms with Gasteiger partial charge in [0.05, 0.1) is 17.0 Å². The number of carboxylic acid groups (broad SMARTS) is 1. The Hall–Kier alpha value is -4.41. The molecule has 0 saturated carbocycles. The number of fused-ring (bicyclic) bond motifs is 1. The van der Waals surface area contributed by atoms with Gasteiger partial charge in [0.15, 0.2) is 0 Å². The Balaban J connectivity index is 1.60. The molecule has 3 rings (SSSR count). The number of aromatic hydroxyl groups is 1. The molecule has 34 heavy (non-hydrogen) atoms. The second kappa shape index (κ2) is 10.9. The van der Waals surface area contributed by atoms with Gasteiger partial charge >= 0.3 is 5.97 Å². The van der Waals surface area contributed by atoms with E-state index in [4.69, 9.17) is 9.84 Å². The summed E-state index contributed by atoms with van der Waals surface area (Å²) in [5.74, 6) is -1.63. The van der Waals surface area contributed by atoms with Crippen LogP contribution in [0.4, 0.5) is 11.4 Å². The highest BCUT2D eigenvalue weighted by Crippen LogP contribution is 2.28. The summed E-state index contributed by atoms with van der Waals surface area (Å²) in [6.07, 6.45) is 3.26. The summed E-state index contributed by atoms with van der Waals surface area (Å²) < 4.78 is 5.62. The van der Waals surface area contributed by atoms with Gasteiger partial charge in [-0.25, -0.2) is 0 Å². The van der Waals surface area contributed by atoms with Crippen LogP contribution in [0, 0.1) is 10.1 Å². The maximum absolute atomic E-state index is 12.6. The first-order valence-corrected chi connectivity index (χ1v) is 10.6. The Morgan fingerprint density at radius 2 is 1.76 bits per heavy atom. The average molecular weight is 469 g/mol. The van der Waals surface area contributed by atoms with Crippen LogP contribution in [0.2, 0.25) is 0 Å². The second-order valence-corrected chi connectivity index (χ2v) is 7.55. The van der Waals surface area contributed by atoms with Crippen LogP contribution < -0.4 is 15.6 Å². The molecule has 0 saturated heterocycles. The number of benzene rings is 2. The molecule has 0 fully saturated rings. The maximum Gasteiger partial charge on any atom is 0.303 e. The second-order valence-electron chi connectivity index (χ2n) is 7.55. The Morgan fingerprint density at radius 1 is 1.06 bits per heavy atom. The third-order valence-corrected chi connectivity index (χ3v) is 5.07. The van der Waals surface area contributed by atoms with Crippen molar-refractivity contribution >= 4 is 34.2 Å². The largest absolute Gasteiger partial charge is 0.506 e. The van der Waals surface area contributed by atoms with Gasteiger partial charge in [0.25, 0.3) is 17.2 Å². The Labute approximate surface area is 193 Å². The number of hydrogen-bond acceptors (Lipinski definition) is 7. The monoisotopic (exact) mass is 469 g/mol. The molecule has 1 amide bonds. The molecule has 1 aromatic heterocycles. The molecule has 3 aromatic rings. The van der Waals surface area contributed by atoms with Crippen LogP contribution in [-0.2, 0) is 4.79 Å². The molecule has 0 unspecified atom stereocenters. The molecule has 0 aliphatic heterocycles. The van der Waals surface area contributed by atoms with E-state index in [2.05, 4.69) is 10.3 Å². The number of aliphatic carboxylic acids is 1. The molecule has 2 aromatic carbocycles. The van der Waals surface area contributed by atoms with Gasteiger partial charge in [-0.2, -0.15) is 0 Å². The lowest BCUT2D eigenvalue weighted by molar-refractivity contribution is -0.384. The van der Waals surface area contributed by atoms with Crippen molar-refractivity contribution in [1.29, 1.82) is 0 Å². The van der Waals surface area contributed by atoms with E-state index in [0.29, 0.717) is 24.5 Å². The van der Waals surface area contributed by atoms with Gasteiger partial charge in [-0.05, 0) is 43.2 Å². The summed E-state index contributed by atoms with van der Waals surface area (Å²) >= 11 is 0. The van der Waals surface area contributed by atoms with Gasteiger partial charge in [-0.1, -0.05) is 12.8 Å². The molecule has 0 radical (unpaired) electrons. The number of nitrogens with zero attached hydrogens (tertiary/aromatic N) is 1. The lowest BCUT2D eigenvalue weighted by atomic mass is 10.1. The minimum atomic E-state index is -0.883. The predicted molar refractivity (Wildman–Crippen MR) is 123 cm³/mol. The molecule has 0 bridgehead atoms. The molecule has 0 aliphatic rings. The third-order valence-electron chi connectivity index (χ3n) is 5.07. The highest BCUT2D eigenvalue weighted by molar-refractivity contribution is 6.09. The number of aromatic amines is 1. The number of carbonyl (C=O) groups excluding carboxylic acids is 1. The highest BCUT2D eigenvalue weighted by atomic mass is 16.6. The molecule has 0 atom stereocenters. The number of carboxylic acids is 1. The molecule has 4 N–H and O–H groups in total. The van der Waals surface area contributed by atoms with E-state index >= 15 is 0 Å². The van der Waals surface area contributed by atoms with Crippen LogP contribution in [0.1, 0.15) is 42.5 Å². The molecule has 178 valence electrons. The quantitative estimate of drug-likeness (QED) is 0.186. The van der Waals surface area contributed by atoms with E-state index in [0.717, 1.165) is 31.4 Å². The van der Waals surface area contributed by atoms with Crippen molar-refractivity contribution in [3.05, 3.63) is 68.5 Å². The van der Waals surface area contributed by atoms with Gasteiger partial charge in [0.2, 0.25) is 0 Å². The van der Waals surface area contributed by atoms with Crippen LogP contribution >= 0.6 is 0 Å². The molecule has 0 spiro atoms. The van der Waals surface area contributed by atoms with Gasteiger partial charge in [0.1, 0.15) is 17.1 Å². The topological polar surface area (TPSA) is 172 Å². The number of aromatic nitrogens is 1. The van der Waals surface area contributed by atoms with Gasteiger partial charge in [-0.3, -0.25) is 24.5 Å². The number of amides is 1. The number of hydrogen-bond donors (Lipinski definition) is 4. The first-order valence-electron chi connectivity index (χ1n) is 10.6. The molecule has 1 heterocycles. The lowest BCUT2D eigenvalue weighted by Crippen LogP contribution is -2.23. The number of anilines is 1. The summed E-state index contributed by atoms with van der Waals surface area (Å²) in [4.78, 5) is 48.1. The summed E-state index contributed by atoms with van der Waals surface area (Å²) in [5.41, 5.74) is -1.25. The standard InChI is InChI=1S/C23H23N3O8/c27-19(28)5-3-1-2-4-12-34-16-9-6-14(7-10-16)24-22(30)20-21(29)17-11-8-15(26(32)33)13-18(17)25-23(20)31/h6-11,13H,1-5,12H2,(H,24,30)(H,27,28)(H2,25,29,31). The smallest absolute Gasteiger partial charge is 0.303 e. The minimum Gasteiger partial charge on any atom is -0.506 e. The van der Waals surface area contributed by atoms with E-state index in [-0.39, 0.29) is 23.0 Å². The van der Waals surface area contributed by atoms with Crippen LogP contribution in [0.25, 0.3) is 10.9 Å². The predicted octanol–water partition coefficient (Wildman–Crippen LogP) is 3.81. The fraction of sp³-hybridized carbons (Fsp3) is 0.261. The minimum absolute atomic E-state index is 0.0386. The zero-order valence-corrected chi connectivity index (χ0v) is 18.1. The van der Waals surface area contributed by atoms with E-state index in [1.54, 1.807) is 24.3 Å². The maximum atomic E-state index is 12.6. The number of H-pyrrole nitrogens is 1. The number of rotatable bonds is 11. The fourth-order valence-corrected chi connectivity index (χ4v) is 3.34. The number of pyridine rings is 1. The summed E-state index contributed by atoms with van der Waals surface area (Å²) in [6.45, 7) is 0.470. The Kier molecular flexibility index (Phi) is 7.80. The number of unbranched alkanes of at least 4 members (excludes halogenated alkanes) is 3. The van der Waals surface area contributed by atoms with Crippen molar-refractivity contribution < 1.29 is 29.5 Å². The highest BCUT2D eigenvalue weighted by Gasteiger charge is 2.20. The first kappa shape index (κ1) is 24.2.